The fourth-order valence-electron chi connectivity index (χ4n) is 6.18. The van der Waals surface area contributed by atoms with Crippen molar-refractivity contribution in [3.8, 4) is 28.7 Å². The van der Waals surface area contributed by atoms with E-state index in [1.54, 1.807) is 12.1 Å². The SMILES string of the molecule is COc1cc([C@@H]2c3cc4c(cc3[C@@H](n3cnc5ccccc53)C3COC(=O)C32)OCO4)cc(OC)c1O. The van der Waals surface area contributed by atoms with Crippen molar-refractivity contribution in [2.75, 3.05) is 27.6 Å². The van der Waals surface area contributed by atoms with E-state index in [-0.39, 0.29) is 54.5 Å². The number of benzene rings is 3. The van der Waals surface area contributed by atoms with Gasteiger partial charge in [0.25, 0.3) is 0 Å². The second-order valence-electron chi connectivity index (χ2n) is 9.49. The highest BCUT2D eigenvalue weighted by Crippen LogP contribution is 2.56. The van der Waals surface area contributed by atoms with Crippen LogP contribution in [-0.2, 0) is 9.53 Å². The molecule has 1 aliphatic carbocycles. The molecular weight excluding hydrogens is 476 g/mol. The molecule has 0 amide bonds. The van der Waals surface area contributed by atoms with Crippen LogP contribution in [0.3, 0.4) is 0 Å². The number of carbonyl (C=O) groups excluding carboxylic acids is 1. The van der Waals surface area contributed by atoms with Gasteiger partial charge >= 0.3 is 5.97 Å². The maximum atomic E-state index is 13.4. The van der Waals surface area contributed by atoms with Crippen molar-refractivity contribution in [3.05, 3.63) is 71.5 Å². The van der Waals surface area contributed by atoms with E-state index in [0.717, 1.165) is 27.7 Å². The van der Waals surface area contributed by atoms with Crippen LogP contribution in [0.1, 0.15) is 28.7 Å². The summed E-state index contributed by atoms with van der Waals surface area (Å²) in [6.07, 6.45) is 1.83. The number of methoxy groups -OCH3 is 2. The molecule has 3 aromatic carbocycles. The molecule has 0 radical (unpaired) electrons. The molecule has 1 aromatic heterocycles. The standard InChI is InChI=1S/C28H24N2O7/c1-33-22-7-14(8-23(34-2)27(22)31)24-15-9-20-21(37-13-36-20)10-16(15)26(17-11-35-28(32)25(17)24)30-12-29-18-5-3-4-6-19(18)30/h3-10,12,17,24-26,31H,11,13H2,1-2H3/t17?,24-,25?,26-/m1/s1. The smallest absolute Gasteiger partial charge is 0.310 e. The third-order valence-electron chi connectivity index (χ3n) is 7.79. The minimum Gasteiger partial charge on any atom is -0.502 e. The van der Waals surface area contributed by atoms with Gasteiger partial charge in [0.15, 0.2) is 23.0 Å². The summed E-state index contributed by atoms with van der Waals surface area (Å²) in [6.45, 7) is 0.411. The van der Waals surface area contributed by atoms with Crippen molar-refractivity contribution in [1.29, 1.82) is 0 Å². The molecule has 1 saturated heterocycles. The van der Waals surface area contributed by atoms with Crippen molar-refractivity contribution < 1.29 is 33.6 Å². The number of carbonyl (C=O) groups is 1. The molecule has 9 nitrogen and oxygen atoms in total. The van der Waals surface area contributed by atoms with E-state index in [9.17, 15) is 9.90 Å². The molecule has 1 N–H and O–H groups in total. The number of phenols is 1. The molecule has 2 unspecified atom stereocenters. The lowest BCUT2D eigenvalue weighted by molar-refractivity contribution is -0.141. The van der Waals surface area contributed by atoms with E-state index < -0.39 is 5.92 Å². The number of esters is 1. The summed E-state index contributed by atoms with van der Waals surface area (Å²) in [5.41, 5.74) is 4.54. The summed E-state index contributed by atoms with van der Waals surface area (Å²) >= 11 is 0. The molecular formula is C28H24N2O7. The molecule has 4 atom stereocenters. The predicted octanol–water partition coefficient (Wildman–Crippen LogP) is 4.01. The molecule has 7 rings (SSSR count). The molecule has 0 bridgehead atoms. The highest BCUT2D eigenvalue weighted by molar-refractivity contribution is 5.80. The molecule has 3 aliphatic rings. The zero-order valence-electron chi connectivity index (χ0n) is 20.2. The Labute approximate surface area is 212 Å². The molecule has 1 fully saturated rings. The summed E-state index contributed by atoms with van der Waals surface area (Å²) in [7, 11) is 2.97. The Morgan fingerprint density at radius 3 is 2.41 bits per heavy atom. The van der Waals surface area contributed by atoms with Gasteiger partial charge < -0.3 is 33.4 Å². The van der Waals surface area contributed by atoms with Crippen LogP contribution in [0.25, 0.3) is 11.0 Å². The number of aromatic nitrogens is 2. The van der Waals surface area contributed by atoms with Gasteiger partial charge in [0, 0.05) is 11.8 Å². The summed E-state index contributed by atoms with van der Waals surface area (Å²) in [5.74, 6) is 0.412. The van der Waals surface area contributed by atoms with Crippen LogP contribution < -0.4 is 18.9 Å². The fourth-order valence-corrected chi connectivity index (χ4v) is 6.18. The quantitative estimate of drug-likeness (QED) is 0.420. The summed E-state index contributed by atoms with van der Waals surface area (Å²) in [6, 6.07) is 15.2. The summed E-state index contributed by atoms with van der Waals surface area (Å²) in [4.78, 5) is 18.0. The lowest BCUT2D eigenvalue weighted by Crippen LogP contribution is -2.37. The topological polar surface area (TPSA) is 101 Å². The molecule has 0 saturated carbocycles. The Kier molecular flexibility index (Phi) is 4.76. The van der Waals surface area contributed by atoms with Crippen LogP contribution in [0.2, 0.25) is 0 Å². The van der Waals surface area contributed by atoms with Crippen molar-refractivity contribution in [2.45, 2.75) is 12.0 Å². The fraction of sp³-hybridized carbons (Fsp3) is 0.286. The lowest BCUT2D eigenvalue weighted by atomic mass is 9.65. The Balaban J connectivity index is 1.50. The van der Waals surface area contributed by atoms with Crippen molar-refractivity contribution in [2.24, 2.45) is 11.8 Å². The molecule has 2 aliphatic heterocycles. The number of hydrogen-bond donors (Lipinski definition) is 1. The van der Waals surface area contributed by atoms with Crippen LogP contribution in [0.5, 0.6) is 28.7 Å². The van der Waals surface area contributed by atoms with E-state index in [2.05, 4.69) is 9.55 Å². The first-order chi connectivity index (χ1) is 18.1. The average molecular weight is 501 g/mol. The molecule has 4 aromatic rings. The first-order valence-corrected chi connectivity index (χ1v) is 12.1. The van der Waals surface area contributed by atoms with Crippen molar-refractivity contribution >= 4 is 17.0 Å². The molecule has 0 spiro atoms. The van der Waals surface area contributed by atoms with E-state index >= 15 is 0 Å². The first-order valence-electron chi connectivity index (χ1n) is 12.1. The van der Waals surface area contributed by atoms with Gasteiger partial charge in [0.1, 0.15) is 0 Å². The number of nitrogens with zero attached hydrogens (tertiary/aromatic N) is 2. The number of hydrogen-bond acceptors (Lipinski definition) is 8. The average Bonchev–Trinajstić information content (AvgIpc) is 3.65. The molecule has 3 heterocycles. The number of ether oxygens (including phenoxy) is 5. The number of imidazole rings is 1. The lowest BCUT2D eigenvalue weighted by Gasteiger charge is -2.40. The largest absolute Gasteiger partial charge is 0.502 e. The van der Waals surface area contributed by atoms with Gasteiger partial charge in [-0.2, -0.15) is 0 Å². The number of phenolic OH excluding ortho intramolecular Hbond substituents is 1. The third kappa shape index (κ3) is 3.09. The van der Waals surface area contributed by atoms with Crippen LogP contribution >= 0.6 is 0 Å². The third-order valence-corrected chi connectivity index (χ3v) is 7.79. The first kappa shape index (κ1) is 21.8. The minimum atomic E-state index is -0.488. The van der Waals surface area contributed by atoms with E-state index in [0.29, 0.717) is 11.5 Å². The Morgan fingerprint density at radius 1 is 0.973 bits per heavy atom. The molecule has 37 heavy (non-hydrogen) atoms. The monoisotopic (exact) mass is 500 g/mol. The van der Waals surface area contributed by atoms with E-state index in [4.69, 9.17) is 23.7 Å². The predicted molar refractivity (Wildman–Crippen MR) is 131 cm³/mol. The van der Waals surface area contributed by atoms with Crippen LogP contribution in [-0.4, -0.2) is 48.2 Å². The Hall–Kier alpha value is -4.40. The van der Waals surface area contributed by atoms with Gasteiger partial charge in [-0.25, -0.2) is 4.98 Å². The van der Waals surface area contributed by atoms with Crippen LogP contribution in [0, 0.1) is 11.8 Å². The zero-order chi connectivity index (χ0) is 25.3. The number of fused-ring (bicyclic) bond motifs is 4. The number of aromatic hydroxyl groups is 1. The summed E-state index contributed by atoms with van der Waals surface area (Å²) in [5, 5.41) is 10.6. The van der Waals surface area contributed by atoms with Crippen molar-refractivity contribution in [3.63, 3.8) is 0 Å². The second kappa shape index (κ2) is 8.06. The Bertz CT molecular complexity index is 1540. The van der Waals surface area contributed by atoms with Gasteiger partial charge in [-0.05, 0) is 53.1 Å². The van der Waals surface area contributed by atoms with E-state index in [1.165, 1.54) is 14.2 Å². The normalized spacial score (nSPS) is 23.5. The van der Waals surface area contributed by atoms with Gasteiger partial charge in [-0.15, -0.1) is 0 Å². The van der Waals surface area contributed by atoms with E-state index in [1.807, 2.05) is 42.7 Å². The second-order valence-corrected chi connectivity index (χ2v) is 9.49. The van der Waals surface area contributed by atoms with Gasteiger partial charge in [-0.1, -0.05) is 12.1 Å². The highest BCUT2D eigenvalue weighted by atomic mass is 16.7. The molecule has 9 heteroatoms. The maximum Gasteiger partial charge on any atom is 0.310 e. The zero-order valence-corrected chi connectivity index (χ0v) is 20.2. The van der Waals surface area contributed by atoms with Crippen LogP contribution in [0.15, 0.2) is 54.9 Å². The number of para-hydroxylation sites is 2. The number of rotatable bonds is 4. The molecule has 188 valence electrons. The Morgan fingerprint density at radius 2 is 1.68 bits per heavy atom. The van der Waals surface area contributed by atoms with Gasteiger partial charge in [0.2, 0.25) is 12.5 Å². The van der Waals surface area contributed by atoms with Crippen LogP contribution in [0.4, 0.5) is 0 Å². The minimum absolute atomic E-state index is 0.0937. The van der Waals surface area contributed by atoms with Gasteiger partial charge in [0.05, 0.1) is 50.1 Å². The maximum absolute atomic E-state index is 13.4. The van der Waals surface area contributed by atoms with Crippen molar-refractivity contribution in [1.82, 2.24) is 9.55 Å². The highest BCUT2D eigenvalue weighted by Gasteiger charge is 2.53. The summed E-state index contributed by atoms with van der Waals surface area (Å²) < 4.78 is 30.2. The number of cyclic esters (lactones) is 1. The van der Waals surface area contributed by atoms with Gasteiger partial charge in [-0.3, -0.25) is 4.79 Å².